The zero-order chi connectivity index (χ0) is 16.6. The van der Waals surface area contributed by atoms with Crippen LogP contribution in [0.25, 0.3) is 21.7 Å². The van der Waals surface area contributed by atoms with Crippen molar-refractivity contribution in [2.45, 2.75) is 25.5 Å². The summed E-state index contributed by atoms with van der Waals surface area (Å²) in [4.78, 5) is 10.3. The van der Waals surface area contributed by atoms with E-state index in [1.807, 2.05) is 35.7 Å². The summed E-state index contributed by atoms with van der Waals surface area (Å²) >= 11 is 1.60. The van der Waals surface area contributed by atoms with Crippen LogP contribution in [0.15, 0.2) is 46.3 Å². The fourth-order valence-electron chi connectivity index (χ4n) is 3.25. The third-order valence-electron chi connectivity index (χ3n) is 4.40. The van der Waals surface area contributed by atoms with Gasteiger partial charge in [-0.15, -0.1) is 11.3 Å². The number of aromatic nitrogens is 4. The highest BCUT2D eigenvalue weighted by Crippen LogP contribution is 2.31. The normalized spacial score (nSPS) is 17.5. The number of benzene rings is 1. The van der Waals surface area contributed by atoms with Crippen molar-refractivity contribution in [3.05, 3.63) is 53.5 Å². The maximum atomic E-state index is 5.86. The number of para-hydroxylation sites is 2. The molecule has 0 radical (unpaired) electrons. The Balaban J connectivity index is 1.54. The number of fused-ring (bicyclic) bond motifs is 1. The van der Waals surface area contributed by atoms with Crippen molar-refractivity contribution in [1.82, 2.24) is 19.7 Å². The zero-order valence-electron chi connectivity index (χ0n) is 13.5. The van der Waals surface area contributed by atoms with Gasteiger partial charge in [-0.3, -0.25) is 0 Å². The zero-order valence-corrected chi connectivity index (χ0v) is 14.3. The van der Waals surface area contributed by atoms with Crippen molar-refractivity contribution in [3.8, 4) is 10.7 Å². The molecule has 1 aliphatic heterocycles. The Morgan fingerprint density at radius 2 is 2.12 bits per heavy atom. The van der Waals surface area contributed by atoms with Crippen molar-refractivity contribution < 1.29 is 9.26 Å². The summed E-state index contributed by atoms with van der Waals surface area (Å²) in [5.41, 5.74) is 2.02. The molecule has 5 rings (SSSR count). The van der Waals surface area contributed by atoms with E-state index < -0.39 is 0 Å². The molecule has 1 fully saturated rings. The minimum absolute atomic E-state index is 0.0343. The highest BCUT2D eigenvalue weighted by atomic mass is 32.1. The van der Waals surface area contributed by atoms with E-state index in [0.717, 1.165) is 41.2 Å². The second-order valence-corrected chi connectivity index (χ2v) is 6.98. The summed E-state index contributed by atoms with van der Waals surface area (Å²) in [6.07, 6.45) is 2.09. The standard InChI is InChI=1S/C18H16N4O2S/c1-2-6-13-12(5-1)19-18(14-7-3-9-23-14)22(13)11-16-20-17(21-24-16)15-8-4-10-25-15/h1-2,4-6,8,10,14H,3,7,9,11H2/t14-/m0/s1. The van der Waals surface area contributed by atoms with Gasteiger partial charge in [0, 0.05) is 6.61 Å². The van der Waals surface area contributed by atoms with Crippen molar-refractivity contribution in [1.29, 1.82) is 0 Å². The molecule has 25 heavy (non-hydrogen) atoms. The van der Waals surface area contributed by atoms with Gasteiger partial charge in [-0.05, 0) is 36.4 Å². The highest BCUT2D eigenvalue weighted by molar-refractivity contribution is 7.13. The van der Waals surface area contributed by atoms with Crippen LogP contribution in [0.5, 0.6) is 0 Å². The Kier molecular flexibility index (Phi) is 3.61. The summed E-state index contributed by atoms with van der Waals surface area (Å²) in [7, 11) is 0. The second-order valence-electron chi connectivity index (χ2n) is 6.04. The first-order valence-corrected chi connectivity index (χ1v) is 9.20. The molecule has 0 aliphatic carbocycles. The Morgan fingerprint density at radius 1 is 1.16 bits per heavy atom. The summed E-state index contributed by atoms with van der Waals surface area (Å²) < 4.78 is 13.5. The first-order chi connectivity index (χ1) is 12.4. The summed E-state index contributed by atoms with van der Waals surface area (Å²) in [5.74, 6) is 2.15. The van der Waals surface area contributed by atoms with Crippen LogP contribution < -0.4 is 0 Å². The number of hydrogen-bond donors (Lipinski definition) is 0. The van der Waals surface area contributed by atoms with Crippen LogP contribution in [0.2, 0.25) is 0 Å². The SMILES string of the molecule is c1csc(-c2noc(Cn3c([C@@H]4CCCO4)nc4ccccc43)n2)c1. The quantitative estimate of drug-likeness (QED) is 0.554. The van der Waals surface area contributed by atoms with Gasteiger partial charge >= 0.3 is 0 Å². The van der Waals surface area contributed by atoms with Gasteiger partial charge in [0.05, 0.1) is 15.9 Å². The van der Waals surface area contributed by atoms with Crippen molar-refractivity contribution in [2.75, 3.05) is 6.61 Å². The van der Waals surface area contributed by atoms with Crippen molar-refractivity contribution in [3.63, 3.8) is 0 Å². The lowest BCUT2D eigenvalue weighted by molar-refractivity contribution is 0.102. The topological polar surface area (TPSA) is 66.0 Å². The molecule has 4 heterocycles. The van der Waals surface area contributed by atoms with Crippen LogP contribution in [0, 0.1) is 0 Å². The fourth-order valence-corrected chi connectivity index (χ4v) is 3.90. The molecule has 0 N–H and O–H groups in total. The lowest BCUT2D eigenvalue weighted by Crippen LogP contribution is -2.09. The maximum Gasteiger partial charge on any atom is 0.246 e. The molecule has 4 aromatic rings. The molecule has 0 amide bonds. The molecular weight excluding hydrogens is 336 g/mol. The summed E-state index contributed by atoms with van der Waals surface area (Å²) in [6, 6.07) is 12.1. The average molecular weight is 352 g/mol. The van der Waals surface area contributed by atoms with Crippen LogP contribution >= 0.6 is 11.3 Å². The van der Waals surface area contributed by atoms with Gasteiger partial charge in [-0.1, -0.05) is 23.4 Å². The summed E-state index contributed by atoms with van der Waals surface area (Å²) in [5, 5.41) is 6.11. The number of thiophene rings is 1. The van der Waals surface area contributed by atoms with Gasteiger partial charge in [0.25, 0.3) is 0 Å². The smallest absolute Gasteiger partial charge is 0.246 e. The minimum atomic E-state index is 0.0343. The average Bonchev–Trinajstić information content (AvgIpc) is 3.42. The first-order valence-electron chi connectivity index (χ1n) is 8.32. The van der Waals surface area contributed by atoms with Crippen LogP contribution in [-0.4, -0.2) is 26.3 Å². The van der Waals surface area contributed by atoms with Crippen LogP contribution in [0.1, 0.15) is 30.7 Å². The minimum Gasteiger partial charge on any atom is -0.370 e. The number of hydrogen-bond acceptors (Lipinski definition) is 6. The molecular formula is C18H16N4O2S. The number of imidazole rings is 1. The molecule has 0 saturated carbocycles. The first kappa shape index (κ1) is 14.8. The molecule has 0 unspecified atom stereocenters. The lowest BCUT2D eigenvalue weighted by Gasteiger charge is -2.11. The third-order valence-corrected chi connectivity index (χ3v) is 5.27. The Labute approximate surface area is 148 Å². The van der Waals surface area contributed by atoms with Gasteiger partial charge in [0.15, 0.2) is 0 Å². The molecule has 7 heteroatoms. The van der Waals surface area contributed by atoms with Gasteiger partial charge in [-0.2, -0.15) is 4.98 Å². The Bertz CT molecular complexity index is 999. The van der Waals surface area contributed by atoms with Crippen LogP contribution in [0.4, 0.5) is 0 Å². The number of nitrogens with zero attached hydrogens (tertiary/aromatic N) is 4. The molecule has 1 atom stereocenters. The van der Waals surface area contributed by atoms with E-state index in [4.69, 9.17) is 14.2 Å². The molecule has 0 bridgehead atoms. The van der Waals surface area contributed by atoms with E-state index in [0.29, 0.717) is 18.3 Å². The number of rotatable bonds is 4. The van der Waals surface area contributed by atoms with E-state index in [1.165, 1.54) is 0 Å². The third kappa shape index (κ3) is 2.65. The largest absolute Gasteiger partial charge is 0.370 e. The predicted octanol–water partition coefficient (Wildman–Crippen LogP) is 4.05. The fraction of sp³-hybridized carbons (Fsp3) is 0.278. The number of ether oxygens (including phenoxy) is 1. The van der Waals surface area contributed by atoms with Crippen LogP contribution in [0.3, 0.4) is 0 Å². The Morgan fingerprint density at radius 3 is 2.96 bits per heavy atom. The van der Waals surface area contributed by atoms with E-state index in [-0.39, 0.29) is 6.10 Å². The molecule has 126 valence electrons. The Hall–Kier alpha value is -2.51. The summed E-state index contributed by atoms with van der Waals surface area (Å²) in [6.45, 7) is 1.28. The second kappa shape index (κ2) is 6.09. The molecule has 1 saturated heterocycles. The maximum absolute atomic E-state index is 5.86. The highest BCUT2D eigenvalue weighted by Gasteiger charge is 2.25. The lowest BCUT2D eigenvalue weighted by atomic mass is 10.2. The van der Waals surface area contributed by atoms with Crippen LogP contribution in [-0.2, 0) is 11.3 Å². The molecule has 1 aliphatic rings. The molecule has 6 nitrogen and oxygen atoms in total. The van der Waals surface area contributed by atoms with E-state index >= 15 is 0 Å². The van der Waals surface area contributed by atoms with E-state index in [9.17, 15) is 0 Å². The molecule has 1 aromatic carbocycles. The van der Waals surface area contributed by atoms with Gasteiger partial charge < -0.3 is 13.8 Å². The van der Waals surface area contributed by atoms with Gasteiger partial charge in [-0.25, -0.2) is 4.98 Å². The molecule has 3 aromatic heterocycles. The van der Waals surface area contributed by atoms with Crippen molar-refractivity contribution in [2.24, 2.45) is 0 Å². The predicted molar refractivity (Wildman–Crippen MR) is 94.4 cm³/mol. The van der Waals surface area contributed by atoms with E-state index in [2.05, 4.69) is 20.8 Å². The molecule has 0 spiro atoms. The van der Waals surface area contributed by atoms with E-state index in [1.54, 1.807) is 11.3 Å². The van der Waals surface area contributed by atoms with Gasteiger partial charge in [0.1, 0.15) is 18.5 Å². The van der Waals surface area contributed by atoms with Gasteiger partial charge in [0.2, 0.25) is 11.7 Å². The van der Waals surface area contributed by atoms with Crippen molar-refractivity contribution >= 4 is 22.4 Å². The monoisotopic (exact) mass is 352 g/mol.